The van der Waals surface area contributed by atoms with Crippen LogP contribution in [0.3, 0.4) is 0 Å². The summed E-state index contributed by atoms with van der Waals surface area (Å²) >= 11 is 3.15. The van der Waals surface area contributed by atoms with Crippen molar-refractivity contribution in [1.29, 1.82) is 0 Å². The summed E-state index contributed by atoms with van der Waals surface area (Å²) in [4.78, 5) is 24.2. The molecule has 0 amide bonds. The Balaban J connectivity index is 3.01. The Labute approximate surface area is 98.4 Å². The Hall–Kier alpha value is -1.69. The number of benzene rings is 1. The summed E-state index contributed by atoms with van der Waals surface area (Å²) in [6, 6.07) is 4.36. The van der Waals surface area contributed by atoms with Crippen LogP contribution in [0.15, 0.2) is 27.5 Å². The van der Waals surface area contributed by atoms with Gasteiger partial charge in [-0.2, -0.15) is 0 Å². The number of hydrogen-bond donors (Lipinski definition) is 1. The molecular weight excluding hydrogens is 276 g/mol. The number of nitrogens with one attached hydrogen (secondary N) is 1. The van der Waals surface area contributed by atoms with E-state index >= 15 is 0 Å². The van der Waals surface area contributed by atoms with E-state index in [4.69, 9.17) is 0 Å². The lowest BCUT2D eigenvalue weighted by Gasteiger charge is -2.04. The summed E-state index contributed by atoms with van der Waals surface area (Å²) in [6.45, 7) is 1.78. The largest absolute Gasteiger partial charge is 0.321 e. The number of nitro benzene ring substituents is 1. The molecule has 0 saturated heterocycles. The quantitative estimate of drug-likeness (QED) is 0.645. The highest BCUT2D eigenvalue weighted by atomic mass is 79.9. The zero-order valence-corrected chi connectivity index (χ0v) is 9.87. The fourth-order valence-electron chi connectivity index (χ4n) is 1.63. The molecule has 2 aromatic rings. The Morgan fingerprint density at radius 2 is 2.12 bits per heavy atom. The highest BCUT2D eigenvalue weighted by Gasteiger charge is 2.18. The van der Waals surface area contributed by atoms with Crippen LogP contribution in [0.5, 0.6) is 0 Å². The minimum absolute atomic E-state index is 0.0307. The number of pyridine rings is 1. The van der Waals surface area contributed by atoms with Crippen LogP contribution in [0.25, 0.3) is 10.9 Å². The summed E-state index contributed by atoms with van der Waals surface area (Å²) in [5, 5.41) is 11.3. The fraction of sp³-hybridized carbons (Fsp3) is 0.100. The lowest BCUT2D eigenvalue weighted by atomic mass is 10.1. The Bertz CT molecular complexity index is 648. The van der Waals surface area contributed by atoms with Crippen LogP contribution < -0.4 is 5.56 Å². The third kappa shape index (κ3) is 1.61. The van der Waals surface area contributed by atoms with Crippen molar-refractivity contribution in [2.45, 2.75) is 6.92 Å². The molecule has 1 heterocycles. The first-order chi connectivity index (χ1) is 7.50. The molecule has 0 spiro atoms. The molecule has 0 aliphatic carbocycles. The van der Waals surface area contributed by atoms with Gasteiger partial charge in [0.25, 0.3) is 5.69 Å². The van der Waals surface area contributed by atoms with Crippen molar-refractivity contribution in [3.8, 4) is 0 Å². The van der Waals surface area contributed by atoms with Gasteiger partial charge in [0, 0.05) is 6.07 Å². The molecule has 82 valence electrons. The van der Waals surface area contributed by atoms with Crippen molar-refractivity contribution in [3.63, 3.8) is 0 Å². The number of aromatic amines is 1. The van der Waals surface area contributed by atoms with Crippen molar-refractivity contribution in [3.05, 3.63) is 48.7 Å². The standard InChI is InChI=1S/C10H7BrN2O3/c1-5-4-7(11)10(13(15)16)6-2-3-8(14)12-9(5)6/h2-4H,1H3,(H,12,14). The number of nitro groups is 1. The SMILES string of the molecule is Cc1cc(Br)c([N+](=O)[O-])c2ccc(=O)[nH]c12. The molecule has 0 radical (unpaired) electrons. The second-order valence-corrected chi connectivity index (χ2v) is 4.25. The van der Waals surface area contributed by atoms with Gasteiger partial charge in [-0.1, -0.05) is 0 Å². The lowest BCUT2D eigenvalue weighted by Crippen LogP contribution is -2.05. The Morgan fingerprint density at radius 1 is 1.44 bits per heavy atom. The predicted molar refractivity (Wildman–Crippen MR) is 63.7 cm³/mol. The summed E-state index contributed by atoms with van der Waals surface area (Å²) in [6.07, 6.45) is 0. The Morgan fingerprint density at radius 3 is 2.75 bits per heavy atom. The number of nitrogens with zero attached hydrogens (tertiary/aromatic N) is 1. The maximum atomic E-state index is 11.2. The molecule has 0 bridgehead atoms. The molecule has 0 aliphatic heterocycles. The molecule has 1 N–H and O–H groups in total. The average Bonchev–Trinajstić information content (AvgIpc) is 2.18. The maximum Gasteiger partial charge on any atom is 0.292 e. The molecule has 2 rings (SSSR count). The van der Waals surface area contributed by atoms with Crippen molar-refractivity contribution >= 4 is 32.5 Å². The second kappa shape index (κ2) is 3.71. The van der Waals surface area contributed by atoms with E-state index in [9.17, 15) is 14.9 Å². The zero-order valence-electron chi connectivity index (χ0n) is 8.28. The van der Waals surface area contributed by atoms with E-state index in [2.05, 4.69) is 20.9 Å². The van der Waals surface area contributed by atoms with Crippen LogP contribution in [0.4, 0.5) is 5.69 Å². The summed E-state index contributed by atoms with van der Waals surface area (Å²) in [5.41, 5.74) is 0.983. The highest BCUT2D eigenvalue weighted by Crippen LogP contribution is 2.33. The molecule has 0 aliphatic rings. The van der Waals surface area contributed by atoms with Gasteiger partial charge >= 0.3 is 0 Å². The monoisotopic (exact) mass is 282 g/mol. The van der Waals surface area contributed by atoms with Crippen molar-refractivity contribution in [2.75, 3.05) is 0 Å². The normalized spacial score (nSPS) is 10.6. The number of rotatable bonds is 1. The predicted octanol–water partition coefficient (Wildman–Crippen LogP) is 2.51. The first kappa shape index (κ1) is 10.8. The molecular formula is C10H7BrN2O3. The molecule has 0 saturated carbocycles. The van der Waals surface area contributed by atoms with Gasteiger partial charge in [-0.05, 0) is 40.5 Å². The molecule has 0 atom stereocenters. The van der Waals surface area contributed by atoms with E-state index in [0.29, 0.717) is 15.4 Å². The number of aromatic nitrogens is 1. The van der Waals surface area contributed by atoms with Crippen molar-refractivity contribution in [1.82, 2.24) is 4.98 Å². The van der Waals surface area contributed by atoms with Gasteiger partial charge < -0.3 is 4.98 Å². The average molecular weight is 283 g/mol. The van der Waals surface area contributed by atoms with Gasteiger partial charge in [0.1, 0.15) is 0 Å². The minimum Gasteiger partial charge on any atom is -0.321 e. The highest BCUT2D eigenvalue weighted by molar-refractivity contribution is 9.10. The van der Waals surface area contributed by atoms with E-state index in [1.54, 1.807) is 13.0 Å². The second-order valence-electron chi connectivity index (χ2n) is 3.39. The van der Waals surface area contributed by atoms with Crippen LogP contribution in [0.1, 0.15) is 5.56 Å². The van der Waals surface area contributed by atoms with E-state index in [-0.39, 0.29) is 11.2 Å². The summed E-state index contributed by atoms with van der Waals surface area (Å²) < 4.78 is 0.412. The zero-order chi connectivity index (χ0) is 11.9. The van der Waals surface area contributed by atoms with Gasteiger partial charge in [-0.25, -0.2) is 0 Å². The molecule has 1 aromatic carbocycles. The van der Waals surface area contributed by atoms with E-state index < -0.39 is 4.92 Å². The third-order valence-electron chi connectivity index (χ3n) is 2.32. The molecule has 16 heavy (non-hydrogen) atoms. The van der Waals surface area contributed by atoms with Gasteiger partial charge in [-0.15, -0.1) is 0 Å². The smallest absolute Gasteiger partial charge is 0.292 e. The maximum absolute atomic E-state index is 11.2. The van der Waals surface area contributed by atoms with Gasteiger partial charge in [0.2, 0.25) is 5.56 Å². The number of aryl methyl sites for hydroxylation is 1. The Kier molecular flexibility index (Phi) is 2.51. The van der Waals surface area contributed by atoms with Crippen LogP contribution in [-0.2, 0) is 0 Å². The van der Waals surface area contributed by atoms with E-state index in [1.165, 1.54) is 12.1 Å². The summed E-state index contributed by atoms with van der Waals surface area (Å²) in [5.74, 6) is 0. The lowest BCUT2D eigenvalue weighted by molar-refractivity contribution is -0.383. The van der Waals surface area contributed by atoms with Crippen LogP contribution >= 0.6 is 15.9 Å². The van der Waals surface area contributed by atoms with E-state index in [0.717, 1.165) is 5.56 Å². The molecule has 6 heteroatoms. The van der Waals surface area contributed by atoms with Gasteiger partial charge in [0.05, 0.1) is 20.3 Å². The molecule has 1 aromatic heterocycles. The van der Waals surface area contributed by atoms with Gasteiger partial charge in [0.15, 0.2) is 0 Å². The third-order valence-corrected chi connectivity index (χ3v) is 2.92. The van der Waals surface area contributed by atoms with Crippen molar-refractivity contribution in [2.24, 2.45) is 0 Å². The number of halogens is 1. The first-order valence-electron chi connectivity index (χ1n) is 4.47. The number of hydrogen-bond acceptors (Lipinski definition) is 3. The van der Waals surface area contributed by atoms with Crippen LogP contribution in [0.2, 0.25) is 0 Å². The summed E-state index contributed by atoms with van der Waals surface area (Å²) in [7, 11) is 0. The van der Waals surface area contributed by atoms with Crippen LogP contribution in [-0.4, -0.2) is 9.91 Å². The minimum atomic E-state index is -0.468. The molecule has 0 fully saturated rings. The first-order valence-corrected chi connectivity index (χ1v) is 5.26. The number of H-pyrrole nitrogens is 1. The molecule has 0 unspecified atom stereocenters. The fourth-order valence-corrected chi connectivity index (χ4v) is 2.33. The topological polar surface area (TPSA) is 76.0 Å². The van der Waals surface area contributed by atoms with Gasteiger partial charge in [-0.3, -0.25) is 14.9 Å². The molecule has 5 nitrogen and oxygen atoms in total. The van der Waals surface area contributed by atoms with Crippen LogP contribution in [0, 0.1) is 17.0 Å². The van der Waals surface area contributed by atoms with E-state index in [1.807, 2.05) is 0 Å². The van der Waals surface area contributed by atoms with Crippen molar-refractivity contribution < 1.29 is 4.92 Å². The number of fused-ring (bicyclic) bond motifs is 1.